The van der Waals surface area contributed by atoms with Crippen LogP contribution in [0.2, 0.25) is 0 Å². The Kier molecular flexibility index (Phi) is 3.44. The molecule has 1 atom stereocenters. The van der Waals surface area contributed by atoms with Crippen LogP contribution in [0.25, 0.3) is 0 Å². The Morgan fingerprint density at radius 1 is 0.923 bits per heavy atom. The third kappa shape index (κ3) is 2.15. The van der Waals surface area contributed by atoms with E-state index in [0.717, 1.165) is 0 Å². The third-order valence-electron chi connectivity index (χ3n) is 4.66. The maximum Gasteiger partial charge on any atom is 0.212 e. The van der Waals surface area contributed by atoms with Crippen LogP contribution in [0.1, 0.15) is 55.3 Å². The van der Waals surface area contributed by atoms with Crippen LogP contribution in [0.15, 0.2) is 41.4 Å². The second kappa shape index (κ2) is 5.56. The first-order valence-corrected chi connectivity index (χ1v) is 8.12. The Morgan fingerprint density at radius 2 is 1.54 bits per heavy atom. The number of nitrogens with zero attached hydrogens (tertiary/aromatic N) is 1. The van der Waals surface area contributed by atoms with E-state index in [9.17, 15) is 19.2 Å². The molecule has 0 radical (unpaired) electrons. The standard InChI is InChI=1S/C20H14N2O4/c1-9(23)11-5-3-7-13-15(11)21-17(19(13)25)18-20(26)14-8-4-6-12(10(2)24)16(14)22-18/h3-8,17,21H,1-2H3. The molecule has 0 fully saturated rings. The number of para-hydroxylation sites is 2. The molecule has 0 spiro atoms. The second-order valence-electron chi connectivity index (χ2n) is 6.31. The predicted octanol–water partition coefficient (Wildman–Crippen LogP) is 3.04. The zero-order valence-electron chi connectivity index (χ0n) is 14.1. The van der Waals surface area contributed by atoms with Crippen molar-refractivity contribution in [2.45, 2.75) is 19.9 Å². The first-order valence-electron chi connectivity index (χ1n) is 8.12. The predicted molar refractivity (Wildman–Crippen MR) is 96.1 cm³/mol. The highest BCUT2D eigenvalue weighted by Crippen LogP contribution is 2.36. The minimum absolute atomic E-state index is 0.0457. The fraction of sp³-hybridized carbons (Fsp3) is 0.150. The molecule has 26 heavy (non-hydrogen) atoms. The number of rotatable bonds is 3. The van der Waals surface area contributed by atoms with Crippen molar-refractivity contribution in [1.29, 1.82) is 0 Å². The molecule has 128 valence electrons. The van der Waals surface area contributed by atoms with E-state index >= 15 is 0 Å². The molecule has 0 amide bonds. The van der Waals surface area contributed by atoms with E-state index < -0.39 is 6.04 Å². The Morgan fingerprint density at radius 3 is 2.19 bits per heavy atom. The lowest BCUT2D eigenvalue weighted by Crippen LogP contribution is -2.36. The van der Waals surface area contributed by atoms with E-state index in [2.05, 4.69) is 10.3 Å². The van der Waals surface area contributed by atoms with Gasteiger partial charge in [-0.15, -0.1) is 0 Å². The third-order valence-corrected chi connectivity index (χ3v) is 4.66. The molecule has 6 heteroatoms. The van der Waals surface area contributed by atoms with Crippen molar-refractivity contribution in [1.82, 2.24) is 0 Å². The molecule has 2 aliphatic rings. The number of benzene rings is 2. The minimum Gasteiger partial charge on any atom is -0.369 e. The first kappa shape index (κ1) is 16.1. The van der Waals surface area contributed by atoms with Gasteiger partial charge in [0.15, 0.2) is 17.3 Å². The van der Waals surface area contributed by atoms with E-state index in [0.29, 0.717) is 33.6 Å². The van der Waals surface area contributed by atoms with Gasteiger partial charge in [-0.2, -0.15) is 0 Å². The summed E-state index contributed by atoms with van der Waals surface area (Å²) < 4.78 is 0. The van der Waals surface area contributed by atoms with Crippen LogP contribution in [0.4, 0.5) is 11.4 Å². The smallest absolute Gasteiger partial charge is 0.212 e. The number of hydrogen-bond acceptors (Lipinski definition) is 6. The van der Waals surface area contributed by atoms with E-state index in [-0.39, 0.29) is 28.8 Å². The molecule has 0 bridgehead atoms. The Labute approximate surface area is 148 Å². The Balaban J connectivity index is 1.80. The van der Waals surface area contributed by atoms with Crippen LogP contribution in [0, 0.1) is 0 Å². The number of carbonyl (C=O) groups is 4. The maximum absolute atomic E-state index is 12.8. The van der Waals surface area contributed by atoms with Crippen molar-refractivity contribution >= 4 is 40.2 Å². The number of fused-ring (bicyclic) bond motifs is 2. The molecule has 6 nitrogen and oxygen atoms in total. The second-order valence-corrected chi connectivity index (χ2v) is 6.31. The molecule has 0 aliphatic carbocycles. The molecule has 2 heterocycles. The average molecular weight is 346 g/mol. The van der Waals surface area contributed by atoms with Crippen LogP contribution >= 0.6 is 0 Å². The van der Waals surface area contributed by atoms with E-state index in [1.807, 2.05) is 0 Å². The van der Waals surface area contributed by atoms with Gasteiger partial charge in [0.05, 0.1) is 16.9 Å². The van der Waals surface area contributed by atoms with Gasteiger partial charge in [0, 0.05) is 16.7 Å². The summed E-state index contributed by atoms with van der Waals surface area (Å²) in [5, 5.41) is 2.98. The number of carbonyl (C=O) groups excluding carboxylic acids is 4. The highest BCUT2D eigenvalue weighted by Gasteiger charge is 2.41. The van der Waals surface area contributed by atoms with Gasteiger partial charge in [-0.05, 0) is 38.1 Å². The van der Waals surface area contributed by atoms with Crippen molar-refractivity contribution in [3.63, 3.8) is 0 Å². The van der Waals surface area contributed by atoms with Gasteiger partial charge >= 0.3 is 0 Å². The summed E-state index contributed by atoms with van der Waals surface area (Å²) in [4.78, 5) is 53.5. The SMILES string of the molecule is CC(=O)c1cccc2c1N=C(C1Nc3c(C(C)=O)cccc3C1=O)C2=O. The van der Waals surface area contributed by atoms with Crippen molar-refractivity contribution < 1.29 is 19.2 Å². The van der Waals surface area contributed by atoms with Gasteiger partial charge in [-0.1, -0.05) is 12.1 Å². The molecular weight excluding hydrogens is 332 g/mol. The topological polar surface area (TPSA) is 92.7 Å². The molecule has 1 unspecified atom stereocenters. The monoisotopic (exact) mass is 346 g/mol. The van der Waals surface area contributed by atoms with Gasteiger partial charge in [0.25, 0.3) is 0 Å². The molecule has 2 aromatic rings. The average Bonchev–Trinajstić information content (AvgIpc) is 3.12. The molecule has 2 aliphatic heterocycles. The fourth-order valence-corrected chi connectivity index (χ4v) is 3.40. The number of hydrogen-bond donors (Lipinski definition) is 1. The van der Waals surface area contributed by atoms with Crippen molar-refractivity contribution in [3.8, 4) is 0 Å². The number of ketones is 4. The van der Waals surface area contributed by atoms with E-state index in [1.54, 1.807) is 36.4 Å². The molecule has 1 N–H and O–H groups in total. The number of Topliss-reactive ketones (excluding diaryl/α,β-unsaturated/α-hetero) is 4. The lowest BCUT2D eigenvalue weighted by molar-refractivity contribution is 0.0983. The van der Waals surface area contributed by atoms with Crippen LogP contribution in [0.3, 0.4) is 0 Å². The summed E-state index contributed by atoms with van der Waals surface area (Å²) >= 11 is 0. The largest absolute Gasteiger partial charge is 0.369 e. The van der Waals surface area contributed by atoms with E-state index in [4.69, 9.17) is 0 Å². The molecule has 0 saturated carbocycles. The van der Waals surface area contributed by atoms with Crippen molar-refractivity contribution in [2.75, 3.05) is 5.32 Å². The van der Waals surface area contributed by atoms with Gasteiger partial charge in [0.2, 0.25) is 5.78 Å². The number of aliphatic imine (C=N–C) groups is 1. The number of nitrogens with one attached hydrogen (secondary N) is 1. The molecule has 4 rings (SSSR count). The van der Waals surface area contributed by atoms with Crippen LogP contribution in [0.5, 0.6) is 0 Å². The molecule has 0 aromatic heterocycles. The summed E-state index contributed by atoms with van der Waals surface area (Å²) in [6.45, 7) is 2.82. The highest BCUT2D eigenvalue weighted by molar-refractivity contribution is 6.56. The van der Waals surface area contributed by atoms with Gasteiger partial charge in [-0.3, -0.25) is 19.2 Å². The van der Waals surface area contributed by atoms with Gasteiger partial charge < -0.3 is 5.32 Å². The fourth-order valence-electron chi connectivity index (χ4n) is 3.40. The quantitative estimate of drug-likeness (QED) is 0.862. The first-order chi connectivity index (χ1) is 12.4. The minimum atomic E-state index is -0.967. The van der Waals surface area contributed by atoms with Crippen LogP contribution < -0.4 is 5.32 Å². The number of anilines is 1. The van der Waals surface area contributed by atoms with Gasteiger partial charge in [-0.25, -0.2) is 4.99 Å². The lowest BCUT2D eigenvalue weighted by Gasteiger charge is -2.09. The Bertz CT molecular complexity index is 1070. The lowest BCUT2D eigenvalue weighted by atomic mass is 9.98. The summed E-state index contributed by atoms with van der Waals surface area (Å²) in [5.74, 6) is -1.07. The zero-order chi connectivity index (χ0) is 18.6. The van der Waals surface area contributed by atoms with Crippen molar-refractivity contribution in [2.24, 2.45) is 4.99 Å². The molecular formula is C20H14N2O4. The highest BCUT2D eigenvalue weighted by atomic mass is 16.1. The zero-order valence-corrected chi connectivity index (χ0v) is 14.1. The summed E-state index contributed by atoms with van der Waals surface area (Å²) in [6.07, 6.45) is 0. The van der Waals surface area contributed by atoms with Gasteiger partial charge in [0.1, 0.15) is 11.8 Å². The summed E-state index contributed by atoms with van der Waals surface area (Å²) in [6, 6.07) is 8.74. The normalized spacial score (nSPS) is 17.5. The van der Waals surface area contributed by atoms with Crippen molar-refractivity contribution in [3.05, 3.63) is 58.7 Å². The van der Waals surface area contributed by atoms with E-state index in [1.165, 1.54) is 13.8 Å². The van der Waals surface area contributed by atoms with Crippen LogP contribution in [-0.2, 0) is 0 Å². The van der Waals surface area contributed by atoms with Crippen LogP contribution in [-0.4, -0.2) is 34.9 Å². The summed E-state index contributed by atoms with van der Waals surface area (Å²) in [7, 11) is 0. The maximum atomic E-state index is 12.8. The molecule has 0 saturated heterocycles. The Hall–Kier alpha value is -3.41. The molecule has 2 aromatic carbocycles. The summed E-state index contributed by atoms with van der Waals surface area (Å²) in [5.41, 5.74) is 2.19.